The fourth-order valence-electron chi connectivity index (χ4n) is 2.84. The molecular formula is C16H21IN2O4S. The Kier molecular flexibility index (Phi) is 5.29. The van der Waals surface area contributed by atoms with Crippen LogP contribution < -0.4 is 5.73 Å². The SMILES string of the molecule is CC(C)(C)N1C(=O)CC(c2ccc(C[C@H](I)C(N)=O)cc2)S1(=O)=O. The topological polar surface area (TPSA) is 97.5 Å². The molecule has 1 aliphatic heterocycles. The molecule has 0 spiro atoms. The van der Waals surface area contributed by atoms with Gasteiger partial charge in [-0.2, -0.15) is 0 Å². The summed E-state index contributed by atoms with van der Waals surface area (Å²) in [6.07, 6.45) is 0.440. The largest absolute Gasteiger partial charge is 0.369 e. The van der Waals surface area contributed by atoms with Crippen molar-refractivity contribution in [2.45, 2.75) is 48.3 Å². The number of primary amides is 1. The van der Waals surface area contributed by atoms with Gasteiger partial charge >= 0.3 is 0 Å². The zero-order valence-electron chi connectivity index (χ0n) is 13.8. The Morgan fingerprint density at radius 2 is 1.88 bits per heavy atom. The fourth-order valence-corrected chi connectivity index (χ4v) is 5.58. The highest BCUT2D eigenvalue weighted by atomic mass is 127. The number of hydrogen-bond acceptors (Lipinski definition) is 4. The monoisotopic (exact) mass is 464 g/mol. The van der Waals surface area contributed by atoms with E-state index < -0.39 is 20.8 Å². The van der Waals surface area contributed by atoms with Gasteiger partial charge in [0.25, 0.3) is 0 Å². The molecule has 0 bridgehead atoms. The van der Waals surface area contributed by atoms with E-state index in [-0.39, 0.29) is 22.2 Å². The second-order valence-corrected chi connectivity index (χ2v) is 10.4. The lowest BCUT2D eigenvalue weighted by molar-refractivity contribution is -0.128. The zero-order valence-corrected chi connectivity index (χ0v) is 16.8. The number of sulfonamides is 1. The van der Waals surface area contributed by atoms with E-state index in [1.807, 2.05) is 22.6 Å². The Hall–Kier alpha value is -1.16. The number of nitrogens with zero attached hydrogens (tertiary/aromatic N) is 1. The summed E-state index contributed by atoms with van der Waals surface area (Å²) in [4.78, 5) is 23.3. The summed E-state index contributed by atoms with van der Waals surface area (Å²) in [7, 11) is -3.73. The number of benzene rings is 1. The molecule has 0 radical (unpaired) electrons. The first-order chi connectivity index (χ1) is 10.9. The molecule has 1 aromatic carbocycles. The number of nitrogens with two attached hydrogens (primary N) is 1. The lowest BCUT2D eigenvalue weighted by atomic mass is 10.0. The number of carbonyl (C=O) groups is 2. The van der Waals surface area contributed by atoms with Gasteiger partial charge in [-0.15, -0.1) is 0 Å². The van der Waals surface area contributed by atoms with Gasteiger partial charge in [0.15, 0.2) is 0 Å². The van der Waals surface area contributed by atoms with Crippen molar-refractivity contribution in [1.29, 1.82) is 0 Å². The Morgan fingerprint density at radius 1 is 1.33 bits per heavy atom. The number of hydrogen-bond donors (Lipinski definition) is 1. The van der Waals surface area contributed by atoms with Crippen LogP contribution in [0.4, 0.5) is 0 Å². The molecule has 132 valence electrons. The van der Waals surface area contributed by atoms with Crippen molar-refractivity contribution in [3.05, 3.63) is 35.4 Å². The second-order valence-electron chi connectivity index (χ2n) is 6.88. The highest BCUT2D eigenvalue weighted by Gasteiger charge is 2.49. The summed E-state index contributed by atoms with van der Waals surface area (Å²) in [5.41, 5.74) is 5.95. The fraction of sp³-hybridized carbons (Fsp3) is 0.500. The van der Waals surface area contributed by atoms with Gasteiger partial charge in [-0.1, -0.05) is 46.9 Å². The normalized spacial score (nSPS) is 21.8. The van der Waals surface area contributed by atoms with Crippen molar-refractivity contribution in [1.82, 2.24) is 4.31 Å². The van der Waals surface area contributed by atoms with E-state index in [1.165, 1.54) is 0 Å². The molecule has 24 heavy (non-hydrogen) atoms. The minimum Gasteiger partial charge on any atom is -0.369 e. The third-order valence-corrected chi connectivity index (χ3v) is 7.36. The lowest BCUT2D eigenvalue weighted by Crippen LogP contribution is -2.45. The molecule has 1 heterocycles. The summed E-state index contributed by atoms with van der Waals surface area (Å²) < 4.78 is 26.2. The van der Waals surface area contributed by atoms with Crippen molar-refractivity contribution < 1.29 is 18.0 Å². The van der Waals surface area contributed by atoms with Crippen LogP contribution in [0, 0.1) is 0 Å². The molecule has 1 unspecified atom stereocenters. The summed E-state index contributed by atoms with van der Waals surface area (Å²) in [5, 5.41) is -0.857. The van der Waals surface area contributed by atoms with Gasteiger partial charge in [0.1, 0.15) is 5.25 Å². The van der Waals surface area contributed by atoms with Crippen molar-refractivity contribution in [3.8, 4) is 0 Å². The first-order valence-electron chi connectivity index (χ1n) is 7.54. The maximum atomic E-state index is 12.7. The molecule has 1 aromatic rings. The van der Waals surface area contributed by atoms with Gasteiger partial charge < -0.3 is 5.73 Å². The average Bonchev–Trinajstić information content (AvgIpc) is 2.68. The Labute approximate surface area is 156 Å². The van der Waals surface area contributed by atoms with E-state index in [1.54, 1.807) is 45.0 Å². The van der Waals surface area contributed by atoms with Crippen LogP contribution in [-0.4, -0.2) is 34.0 Å². The van der Waals surface area contributed by atoms with Crippen LogP contribution in [0.1, 0.15) is 43.6 Å². The van der Waals surface area contributed by atoms with Gasteiger partial charge in [-0.25, -0.2) is 12.7 Å². The van der Waals surface area contributed by atoms with E-state index in [9.17, 15) is 18.0 Å². The number of carbonyl (C=O) groups excluding carboxylic acids is 2. The summed E-state index contributed by atoms with van der Waals surface area (Å²) >= 11 is 1.98. The van der Waals surface area contributed by atoms with Gasteiger partial charge in [0, 0.05) is 0 Å². The van der Waals surface area contributed by atoms with E-state index in [0.717, 1.165) is 9.87 Å². The lowest BCUT2D eigenvalue weighted by Gasteiger charge is -2.30. The van der Waals surface area contributed by atoms with Crippen molar-refractivity contribution in [3.63, 3.8) is 0 Å². The average molecular weight is 464 g/mol. The Balaban J connectivity index is 2.27. The van der Waals surface area contributed by atoms with E-state index in [4.69, 9.17) is 5.73 Å². The van der Waals surface area contributed by atoms with Crippen LogP contribution in [0.2, 0.25) is 0 Å². The van der Waals surface area contributed by atoms with Gasteiger partial charge in [-0.05, 0) is 38.3 Å². The van der Waals surface area contributed by atoms with E-state index >= 15 is 0 Å². The van der Waals surface area contributed by atoms with E-state index in [2.05, 4.69) is 0 Å². The van der Waals surface area contributed by atoms with Gasteiger partial charge in [0.2, 0.25) is 21.8 Å². The van der Waals surface area contributed by atoms with Gasteiger partial charge in [0.05, 0.1) is 15.9 Å². The molecule has 0 saturated carbocycles. The van der Waals surface area contributed by atoms with Gasteiger partial charge in [-0.3, -0.25) is 9.59 Å². The van der Waals surface area contributed by atoms with Crippen LogP contribution in [0.3, 0.4) is 0 Å². The molecule has 8 heteroatoms. The van der Waals surface area contributed by atoms with Crippen molar-refractivity contribution in [2.75, 3.05) is 0 Å². The number of amides is 2. The molecular weight excluding hydrogens is 443 g/mol. The standard InChI is InChI=1S/C16H21IN2O4S/c1-16(2,3)19-14(20)9-13(24(19,22)23)11-6-4-10(5-7-11)8-12(17)15(18)21/h4-7,12-13H,8-9H2,1-3H3,(H2,18,21)/t12-,13?/m0/s1. The van der Waals surface area contributed by atoms with Crippen LogP contribution in [0.5, 0.6) is 0 Å². The maximum absolute atomic E-state index is 12.7. The third kappa shape index (κ3) is 3.74. The molecule has 2 rings (SSSR count). The molecule has 1 saturated heterocycles. The number of alkyl halides is 1. The van der Waals surface area contributed by atoms with Crippen LogP contribution >= 0.6 is 22.6 Å². The molecule has 2 amide bonds. The van der Waals surface area contributed by atoms with Crippen LogP contribution in [0.15, 0.2) is 24.3 Å². The molecule has 2 N–H and O–H groups in total. The summed E-state index contributed by atoms with van der Waals surface area (Å²) in [6, 6.07) is 6.98. The predicted octanol–water partition coefficient (Wildman–Crippen LogP) is 1.92. The first kappa shape index (κ1) is 19.2. The quantitative estimate of drug-likeness (QED) is 0.544. The second kappa shape index (κ2) is 6.62. The zero-order chi connectivity index (χ0) is 18.3. The van der Waals surface area contributed by atoms with Crippen molar-refractivity contribution in [2.24, 2.45) is 5.73 Å². The minimum absolute atomic E-state index is 0.0465. The Bertz CT molecular complexity index is 753. The highest BCUT2D eigenvalue weighted by Crippen LogP contribution is 2.40. The van der Waals surface area contributed by atoms with E-state index in [0.29, 0.717) is 12.0 Å². The number of rotatable bonds is 4. The maximum Gasteiger partial charge on any atom is 0.245 e. The van der Waals surface area contributed by atoms with Crippen LogP contribution in [0.25, 0.3) is 0 Å². The van der Waals surface area contributed by atoms with Crippen molar-refractivity contribution >= 4 is 44.4 Å². The molecule has 0 aliphatic carbocycles. The molecule has 1 fully saturated rings. The minimum atomic E-state index is -3.73. The number of halogens is 1. The molecule has 0 aromatic heterocycles. The summed E-state index contributed by atoms with van der Waals surface area (Å²) in [6.45, 7) is 5.12. The highest BCUT2D eigenvalue weighted by molar-refractivity contribution is 14.1. The first-order valence-corrected chi connectivity index (χ1v) is 10.3. The predicted molar refractivity (Wildman–Crippen MR) is 100 cm³/mol. The van der Waals surface area contributed by atoms with Crippen LogP contribution in [-0.2, 0) is 26.0 Å². The Morgan fingerprint density at radius 3 is 2.29 bits per heavy atom. The molecule has 6 nitrogen and oxygen atoms in total. The smallest absolute Gasteiger partial charge is 0.245 e. The third-order valence-electron chi connectivity index (χ3n) is 3.88. The summed E-state index contributed by atoms with van der Waals surface area (Å²) in [5.74, 6) is -0.762. The molecule has 2 atom stereocenters. The molecule has 1 aliphatic rings.